The quantitative estimate of drug-likeness (QED) is 0.546. The molecule has 1 atom stereocenters. The lowest BCUT2D eigenvalue weighted by molar-refractivity contribution is -0.118. The maximum atomic E-state index is 13.3. The molecule has 0 saturated heterocycles. The summed E-state index contributed by atoms with van der Waals surface area (Å²) in [5.74, 6) is 2.11. The van der Waals surface area contributed by atoms with E-state index in [2.05, 4.69) is 48.3 Å². The number of Topliss-reactive ketones (excluding diaryl/α,β-unsaturated/α-hetero) is 1. The van der Waals surface area contributed by atoms with Crippen LogP contribution in [-0.4, -0.2) is 27.2 Å². The Bertz CT molecular complexity index is 1270. The topological polar surface area (TPSA) is 78.3 Å². The smallest absolute Gasteiger partial charge is 0.226 e. The van der Waals surface area contributed by atoms with Crippen LogP contribution in [0.4, 0.5) is 5.95 Å². The third-order valence-corrected chi connectivity index (χ3v) is 6.50. The van der Waals surface area contributed by atoms with Crippen molar-refractivity contribution in [1.82, 2.24) is 14.8 Å². The highest BCUT2D eigenvalue weighted by Gasteiger charge is 2.41. The van der Waals surface area contributed by atoms with Crippen molar-refractivity contribution in [3.05, 3.63) is 76.8 Å². The first-order valence-corrected chi connectivity index (χ1v) is 11.7. The average molecular weight is 459 g/mol. The van der Waals surface area contributed by atoms with Crippen molar-refractivity contribution in [3.8, 4) is 11.5 Å². The molecule has 176 valence electrons. The van der Waals surface area contributed by atoms with Gasteiger partial charge in [0.05, 0.1) is 6.61 Å². The molecule has 5 rings (SSSR count). The number of aromatic nitrogens is 3. The van der Waals surface area contributed by atoms with E-state index in [1.807, 2.05) is 37.3 Å². The number of allylic oxidation sites excluding steroid dienone is 2. The molecule has 3 aromatic rings. The molecule has 1 aromatic heterocycles. The maximum Gasteiger partial charge on any atom is 0.226 e. The molecule has 7 nitrogen and oxygen atoms in total. The Morgan fingerprint density at radius 1 is 1.12 bits per heavy atom. The van der Waals surface area contributed by atoms with E-state index >= 15 is 0 Å². The number of hydrogen-bond acceptors (Lipinski definition) is 6. The molecule has 1 aliphatic carbocycles. The number of aryl methyl sites for hydroxylation is 1. The van der Waals surface area contributed by atoms with Crippen molar-refractivity contribution >= 4 is 11.7 Å². The molecule has 0 saturated carbocycles. The van der Waals surface area contributed by atoms with E-state index in [1.165, 1.54) is 11.9 Å². The number of ether oxygens (including phenoxy) is 2. The lowest BCUT2D eigenvalue weighted by atomic mass is 9.73. The number of ketones is 1. The third kappa shape index (κ3) is 4.06. The summed E-state index contributed by atoms with van der Waals surface area (Å²) >= 11 is 0. The minimum Gasteiger partial charge on any atom is -0.490 e. The summed E-state index contributed by atoms with van der Waals surface area (Å²) in [5.41, 5.74) is 4.83. The fraction of sp³-hybridized carbons (Fsp3) is 0.370. The Labute approximate surface area is 199 Å². The van der Waals surface area contributed by atoms with Crippen LogP contribution >= 0.6 is 0 Å². The standard InChI is InChI=1S/C27H30N4O3/c1-5-33-23-12-18(10-11-22(23)34-15-19-9-7-6-8-17(19)2)25-24-20(13-27(3,4)14-21(24)32)30-26-28-16-29-31(25)26/h6-12,16,25H,5,13-15H2,1-4H3,(H,28,29,30). The Morgan fingerprint density at radius 2 is 1.94 bits per heavy atom. The van der Waals surface area contributed by atoms with Crippen molar-refractivity contribution in [2.75, 3.05) is 11.9 Å². The molecule has 1 aliphatic heterocycles. The molecule has 0 radical (unpaired) electrons. The van der Waals surface area contributed by atoms with Crippen LogP contribution in [0.25, 0.3) is 0 Å². The summed E-state index contributed by atoms with van der Waals surface area (Å²) in [5, 5.41) is 7.80. The molecule has 1 N–H and O–H groups in total. The Balaban J connectivity index is 1.52. The van der Waals surface area contributed by atoms with Gasteiger partial charge >= 0.3 is 0 Å². The minimum atomic E-state index is -0.359. The summed E-state index contributed by atoms with van der Waals surface area (Å²) in [6.45, 7) is 9.23. The molecular formula is C27H30N4O3. The summed E-state index contributed by atoms with van der Waals surface area (Å²) in [7, 11) is 0. The van der Waals surface area contributed by atoms with Crippen LogP contribution in [0.5, 0.6) is 11.5 Å². The first-order chi connectivity index (χ1) is 16.4. The largest absolute Gasteiger partial charge is 0.490 e. The van der Waals surface area contributed by atoms with Gasteiger partial charge in [-0.05, 0) is 54.5 Å². The van der Waals surface area contributed by atoms with E-state index in [0.29, 0.717) is 37.1 Å². The van der Waals surface area contributed by atoms with Gasteiger partial charge in [0, 0.05) is 17.7 Å². The van der Waals surface area contributed by atoms with Crippen molar-refractivity contribution in [3.63, 3.8) is 0 Å². The molecular weight excluding hydrogens is 428 g/mol. The highest BCUT2D eigenvalue weighted by atomic mass is 16.5. The molecule has 0 fully saturated rings. The Kier molecular flexibility index (Phi) is 5.63. The van der Waals surface area contributed by atoms with Gasteiger partial charge in [0.15, 0.2) is 17.3 Å². The van der Waals surface area contributed by atoms with E-state index in [-0.39, 0.29) is 17.2 Å². The molecule has 2 heterocycles. The van der Waals surface area contributed by atoms with Crippen LogP contribution in [0.15, 0.2) is 60.1 Å². The number of fused-ring (bicyclic) bond motifs is 1. The van der Waals surface area contributed by atoms with E-state index < -0.39 is 0 Å². The van der Waals surface area contributed by atoms with Crippen molar-refractivity contribution in [1.29, 1.82) is 0 Å². The lowest BCUT2D eigenvalue weighted by Crippen LogP contribution is -2.36. The zero-order valence-electron chi connectivity index (χ0n) is 20.1. The second-order valence-electron chi connectivity index (χ2n) is 9.74. The molecule has 1 unspecified atom stereocenters. The predicted molar refractivity (Wildman–Crippen MR) is 130 cm³/mol. The Hall–Kier alpha value is -3.61. The summed E-state index contributed by atoms with van der Waals surface area (Å²) in [6.07, 6.45) is 2.81. The summed E-state index contributed by atoms with van der Waals surface area (Å²) < 4.78 is 13.9. The predicted octanol–water partition coefficient (Wildman–Crippen LogP) is 5.22. The molecule has 2 aromatic carbocycles. The van der Waals surface area contributed by atoms with Gasteiger partial charge < -0.3 is 14.8 Å². The van der Waals surface area contributed by atoms with E-state index in [1.54, 1.807) is 4.68 Å². The second-order valence-corrected chi connectivity index (χ2v) is 9.74. The Morgan fingerprint density at radius 3 is 2.74 bits per heavy atom. The molecule has 2 aliphatic rings. The van der Waals surface area contributed by atoms with Crippen molar-refractivity contribution < 1.29 is 14.3 Å². The van der Waals surface area contributed by atoms with Gasteiger partial charge in [-0.15, -0.1) is 0 Å². The van der Waals surface area contributed by atoms with Gasteiger partial charge in [-0.25, -0.2) is 4.68 Å². The number of nitrogens with zero attached hydrogens (tertiary/aromatic N) is 3. The maximum absolute atomic E-state index is 13.3. The molecule has 7 heteroatoms. The SMILES string of the molecule is CCOc1cc(C2C3=C(CC(C)(C)CC3=O)Nc3ncnn32)ccc1OCc1ccccc1C. The van der Waals surface area contributed by atoms with Gasteiger partial charge in [-0.3, -0.25) is 4.79 Å². The van der Waals surface area contributed by atoms with E-state index in [9.17, 15) is 4.79 Å². The zero-order valence-corrected chi connectivity index (χ0v) is 20.1. The minimum absolute atomic E-state index is 0.0978. The molecule has 0 amide bonds. The van der Waals surface area contributed by atoms with Crippen LogP contribution in [0.3, 0.4) is 0 Å². The number of benzene rings is 2. The van der Waals surface area contributed by atoms with Crippen LogP contribution < -0.4 is 14.8 Å². The monoisotopic (exact) mass is 458 g/mol. The number of hydrogen-bond donors (Lipinski definition) is 1. The van der Waals surface area contributed by atoms with Gasteiger partial charge in [0.25, 0.3) is 0 Å². The van der Waals surface area contributed by atoms with Gasteiger partial charge in [0.2, 0.25) is 5.95 Å². The average Bonchev–Trinajstić information content (AvgIpc) is 3.25. The van der Waals surface area contributed by atoms with Gasteiger partial charge in [-0.2, -0.15) is 10.1 Å². The van der Waals surface area contributed by atoms with Crippen LogP contribution in [-0.2, 0) is 11.4 Å². The number of carbonyl (C=O) groups is 1. The number of carbonyl (C=O) groups excluding carboxylic acids is 1. The second kappa shape index (κ2) is 8.63. The number of rotatable bonds is 6. The number of nitrogens with one attached hydrogen (secondary N) is 1. The molecule has 0 bridgehead atoms. The summed E-state index contributed by atoms with van der Waals surface area (Å²) in [6, 6.07) is 13.7. The lowest BCUT2D eigenvalue weighted by Gasteiger charge is -2.38. The van der Waals surface area contributed by atoms with Crippen LogP contribution in [0, 0.1) is 12.3 Å². The summed E-state index contributed by atoms with van der Waals surface area (Å²) in [4.78, 5) is 17.7. The van der Waals surface area contributed by atoms with Crippen molar-refractivity contribution in [2.24, 2.45) is 5.41 Å². The normalized spacial score (nSPS) is 18.7. The van der Waals surface area contributed by atoms with Crippen LogP contribution in [0.2, 0.25) is 0 Å². The van der Waals surface area contributed by atoms with Gasteiger partial charge in [0.1, 0.15) is 19.0 Å². The third-order valence-electron chi connectivity index (χ3n) is 6.50. The van der Waals surface area contributed by atoms with Crippen LogP contribution in [0.1, 0.15) is 56.3 Å². The van der Waals surface area contributed by atoms with E-state index in [4.69, 9.17) is 9.47 Å². The highest BCUT2D eigenvalue weighted by Crippen LogP contribution is 2.46. The fourth-order valence-electron chi connectivity index (χ4n) is 4.87. The first kappa shape index (κ1) is 22.2. The fourth-order valence-corrected chi connectivity index (χ4v) is 4.87. The number of anilines is 1. The highest BCUT2D eigenvalue weighted by molar-refractivity contribution is 6.00. The molecule has 0 spiro atoms. The first-order valence-electron chi connectivity index (χ1n) is 11.7. The van der Waals surface area contributed by atoms with E-state index in [0.717, 1.165) is 28.8 Å². The molecule has 34 heavy (non-hydrogen) atoms. The van der Waals surface area contributed by atoms with Gasteiger partial charge in [-0.1, -0.05) is 44.2 Å². The van der Waals surface area contributed by atoms with Crippen molar-refractivity contribution in [2.45, 2.75) is 53.2 Å². The zero-order chi connectivity index (χ0) is 23.9.